The molecule has 0 bridgehead atoms. The average Bonchev–Trinajstić information content (AvgIpc) is 2.53. The summed E-state index contributed by atoms with van der Waals surface area (Å²) in [6, 6.07) is 2.18. The molecule has 1 fully saturated rings. The standard InChI is InChI=1S/C7H12BNO2/c1-6(5-9)7(2)8-10-3-4-11-8/h6-7H,3-4H2,1-2H3. The van der Waals surface area contributed by atoms with Gasteiger partial charge in [-0.2, -0.15) is 5.26 Å². The molecule has 0 aromatic rings. The lowest BCUT2D eigenvalue weighted by Crippen LogP contribution is -2.24. The molecular weight excluding hydrogens is 141 g/mol. The summed E-state index contributed by atoms with van der Waals surface area (Å²) >= 11 is 0. The number of nitrogens with zero attached hydrogens (tertiary/aromatic N) is 1. The zero-order valence-electron chi connectivity index (χ0n) is 6.91. The molecule has 1 saturated heterocycles. The predicted octanol–water partition coefficient (Wildman–Crippen LogP) is 1.07. The molecule has 60 valence electrons. The number of hydrogen-bond donors (Lipinski definition) is 0. The molecule has 0 aromatic heterocycles. The maximum Gasteiger partial charge on any atom is 0.461 e. The van der Waals surface area contributed by atoms with E-state index in [1.807, 2.05) is 13.8 Å². The van der Waals surface area contributed by atoms with Crippen molar-refractivity contribution in [3.8, 4) is 6.07 Å². The van der Waals surface area contributed by atoms with E-state index in [-0.39, 0.29) is 18.9 Å². The van der Waals surface area contributed by atoms with Gasteiger partial charge in [-0.25, -0.2) is 0 Å². The molecule has 0 spiro atoms. The highest BCUT2D eigenvalue weighted by Crippen LogP contribution is 2.23. The summed E-state index contributed by atoms with van der Waals surface area (Å²) in [7, 11) is -0.162. The molecular formula is C7H12BNO2. The molecule has 1 rings (SSSR count). The van der Waals surface area contributed by atoms with E-state index in [1.54, 1.807) is 0 Å². The fraction of sp³-hybridized carbons (Fsp3) is 0.857. The number of rotatable bonds is 2. The number of hydrogen-bond acceptors (Lipinski definition) is 3. The van der Waals surface area contributed by atoms with Crippen LogP contribution in [0.4, 0.5) is 0 Å². The highest BCUT2D eigenvalue weighted by molar-refractivity contribution is 6.46. The van der Waals surface area contributed by atoms with Gasteiger partial charge in [0.05, 0.1) is 19.3 Å². The van der Waals surface area contributed by atoms with Crippen molar-refractivity contribution in [3.05, 3.63) is 0 Å². The zero-order valence-corrected chi connectivity index (χ0v) is 6.91. The van der Waals surface area contributed by atoms with E-state index in [9.17, 15) is 0 Å². The van der Waals surface area contributed by atoms with Crippen LogP contribution in [0.15, 0.2) is 0 Å². The van der Waals surface area contributed by atoms with Crippen LogP contribution in [0.3, 0.4) is 0 Å². The maximum atomic E-state index is 8.60. The molecule has 0 saturated carbocycles. The van der Waals surface area contributed by atoms with E-state index in [0.29, 0.717) is 13.2 Å². The molecule has 0 aromatic carbocycles. The van der Waals surface area contributed by atoms with Crippen LogP contribution < -0.4 is 0 Å². The first-order chi connectivity index (χ1) is 5.25. The van der Waals surface area contributed by atoms with Gasteiger partial charge in [0.2, 0.25) is 0 Å². The Labute approximate surface area is 67.4 Å². The molecule has 1 aliphatic heterocycles. The third-order valence-electron chi connectivity index (χ3n) is 2.07. The maximum absolute atomic E-state index is 8.60. The fourth-order valence-electron chi connectivity index (χ4n) is 1.03. The molecule has 1 aliphatic rings. The van der Waals surface area contributed by atoms with Gasteiger partial charge < -0.3 is 9.31 Å². The minimum atomic E-state index is -0.162. The van der Waals surface area contributed by atoms with Gasteiger partial charge in [-0.05, 0) is 6.92 Å². The first-order valence-corrected chi connectivity index (χ1v) is 3.88. The monoisotopic (exact) mass is 153 g/mol. The predicted molar refractivity (Wildman–Crippen MR) is 41.9 cm³/mol. The summed E-state index contributed by atoms with van der Waals surface area (Å²) in [5.41, 5.74) is 0. The van der Waals surface area contributed by atoms with Crippen LogP contribution in [0.5, 0.6) is 0 Å². The third kappa shape index (κ3) is 1.95. The van der Waals surface area contributed by atoms with E-state index in [4.69, 9.17) is 14.6 Å². The second-order valence-electron chi connectivity index (χ2n) is 2.89. The lowest BCUT2D eigenvalue weighted by atomic mass is 9.67. The molecule has 0 aliphatic carbocycles. The van der Waals surface area contributed by atoms with Crippen molar-refractivity contribution in [2.24, 2.45) is 5.92 Å². The Morgan fingerprint density at radius 3 is 2.36 bits per heavy atom. The van der Waals surface area contributed by atoms with E-state index in [2.05, 4.69) is 6.07 Å². The molecule has 3 nitrogen and oxygen atoms in total. The van der Waals surface area contributed by atoms with Crippen molar-refractivity contribution in [1.82, 2.24) is 0 Å². The van der Waals surface area contributed by atoms with E-state index < -0.39 is 0 Å². The van der Waals surface area contributed by atoms with Gasteiger partial charge in [-0.1, -0.05) is 6.92 Å². The van der Waals surface area contributed by atoms with Crippen molar-refractivity contribution in [2.75, 3.05) is 13.2 Å². The molecule has 11 heavy (non-hydrogen) atoms. The Bertz CT molecular complexity index is 162. The summed E-state index contributed by atoms with van der Waals surface area (Å²) in [6.45, 7) is 5.18. The largest absolute Gasteiger partial charge is 0.461 e. The first-order valence-electron chi connectivity index (χ1n) is 3.88. The van der Waals surface area contributed by atoms with E-state index in [1.165, 1.54) is 0 Å². The summed E-state index contributed by atoms with van der Waals surface area (Å²) in [5.74, 6) is 0.167. The molecule has 2 unspecified atom stereocenters. The third-order valence-corrected chi connectivity index (χ3v) is 2.07. The van der Waals surface area contributed by atoms with Gasteiger partial charge in [0, 0.05) is 11.7 Å². The quantitative estimate of drug-likeness (QED) is 0.557. The smallest absolute Gasteiger partial charge is 0.409 e. The molecule has 0 radical (unpaired) electrons. The zero-order chi connectivity index (χ0) is 8.27. The summed E-state index contributed by atoms with van der Waals surface area (Å²) in [5, 5.41) is 8.60. The molecule has 2 atom stereocenters. The fourth-order valence-corrected chi connectivity index (χ4v) is 1.03. The molecule has 0 N–H and O–H groups in total. The van der Waals surface area contributed by atoms with Gasteiger partial charge in [-0.3, -0.25) is 0 Å². The Balaban J connectivity index is 2.40. The molecule has 1 heterocycles. The Hall–Kier alpha value is -0.525. The second kappa shape index (κ2) is 3.75. The topological polar surface area (TPSA) is 42.2 Å². The van der Waals surface area contributed by atoms with Crippen LogP contribution in [0, 0.1) is 17.2 Å². The van der Waals surface area contributed by atoms with Crippen molar-refractivity contribution < 1.29 is 9.31 Å². The summed E-state index contributed by atoms with van der Waals surface area (Å²) < 4.78 is 10.5. The van der Waals surface area contributed by atoms with E-state index in [0.717, 1.165) is 0 Å². The SMILES string of the molecule is CC(C#N)C(C)B1OCCO1. The minimum absolute atomic E-state index is 0.00176. The highest BCUT2D eigenvalue weighted by atomic mass is 16.6. The minimum Gasteiger partial charge on any atom is -0.409 e. The molecule has 4 heteroatoms. The second-order valence-corrected chi connectivity index (χ2v) is 2.89. The van der Waals surface area contributed by atoms with Crippen molar-refractivity contribution in [2.45, 2.75) is 19.7 Å². The van der Waals surface area contributed by atoms with Crippen molar-refractivity contribution >= 4 is 7.12 Å². The average molecular weight is 153 g/mol. The summed E-state index contributed by atoms with van der Waals surface area (Å²) in [4.78, 5) is 0. The van der Waals surface area contributed by atoms with Gasteiger partial charge in [0.15, 0.2) is 0 Å². The Kier molecular flexibility index (Phi) is 2.92. The van der Waals surface area contributed by atoms with Crippen LogP contribution >= 0.6 is 0 Å². The van der Waals surface area contributed by atoms with Crippen LogP contribution in [-0.4, -0.2) is 20.3 Å². The van der Waals surface area contributed by atoms with Crippen LogP contribution in [0.1, 0.15) is 13.8 Å². The van der Waals surface area contributed by atoms with Crippen LogP contribution in [-0.2, 0) is 9.31 Å². The van der Waals surface area contributed by atoms with Gasteiger partial charge in [0.25, 0.3) is 0 Å². The number of nitriles is 1. The van der Waals surface area contributed by atoms with Gasteiger partial charge >= 0.3 is 7.12 Å². The van der Waals surface area contributed by atoms with Crippen molar-refractivity contribution in [1.29, 1.82) is 5.26 Å². The lowest BCUT2D eigenvalue weighted by molar-refractivity contribution is 0.349. The summed E-state index contributed by atoms with van der Waals surface area (Å²) in [6.07, 6.45) is 0. The Morgan fingerprint density at radius 2 is 1.91 bits per heavy atom. The van der Waals surface area contributed by atoms with Crippen molar-refractivity contribution in [3.63, 3.8) is 0 Å². The van der Waals surface area contributed by atoms with E-state index >= 15 is 0 Å². The van der Waals surface area contributed by atoms with Crippen LogP contribution in [0.25, 0.3) is 0 Å². The molecule has 0 amide bonds. The highest BCUT2D eigenvalue weighted by Gasteiger charge is 2.33. The van der Waals surface area contributed by atoms with Gasteiger partial charge in [0.1, 0.15) is 0 Å². The first kappa shape index (κ1) is 8.57. The Morgan fingerprint density at radius 1 is 1.36 bits per heavy atom. The lowest BCUT2D eigenvalue weighted by Gasteiger charge is -2.14. The normalized spacial score (nSPS) is 22.8. The van der Waals surface area contributed by atoms with Gasteiger partial charge in [-0.15, -0.1) is 0 Å². The van der Waals surface area contributed by atoms with Crippen LogP contribution in [0.2, 0.25) is 5.82 Å².